The lowest BCUT2D eigenvalue weighted by Gasteiger charge is -2.24. The van der Waals surface area contributed by atoms with Crippen molar-refractivity contribution in [3.63, 3.8) is 0 Å². The molecule has 1 rings (SSSR count). The van der Waals surface area contributed by atoms with Crippen molar-refractivity contribution in [2.75, 3.05) is 18.0 Å². The van der Waals surface area contributed by atoms with Gasteiger partial charge in [-0.3, -0.25) is 4.79 Å². The van der Waals surface area contributed by atoms with E-state index >= 15 is 0 Å². The van der Waals surface area contributed by atoms with Crippen molar-refractivity contribution in [3.05, 3.63) is 29.8 Å². The molecular formula is C14H20F2N2O. The van der Waals surface area contributed by atoms with E-state index in [0.717, 1.165) is 12.1 Å². The van der Waals surface area contributed by atoms with Crippen LogP contribution >= 0.6 is 0 Å². The summed E-state index contributed by atoms with van der Waals surface area (Å²) in [7, 11) is 0. The van der Waals surface area contributed by atoms with Gasteiger partial charge in [-0.25, -0.2) is 8.78 Å². The predicted octanol–water partition coefficient (Wildman–Crippen LogP) is 2.69. The Balaban J connectivity index is 2.98. The number of halogens is 2. The summed E-state index contributed by atoms with van der Waals surface area (Å²) >= 11 is 0. The highest BCUT2D eigenvalue weighted by molar-refractivity contribution is 5.93. The Morgan fingerprint density at radius 1 is 1.37 bits per heavy atom. The van der Waals surface area contributed by atoms with Gasteiger partial charge in [0.25, 0.3) is 0 Å². The summed E-state index contributed by atoms with van der Waals surface area (Å²) in [6.45, 7) is 4.58. The van der Waals surface area contributed by atoms with Gasteiger partial charge in [-0.05, 0) is 31.0 Å². The van der Waals surface area contributed by atoms with Gasteiger partial charge in [0.2, 0.25) is 5.91 Å². The molecule has 0 aromatic heterocycles. The zero-order valence-corrected chi connectivity index (χ0v) is 11.3. The van der Waals surface area contributed by atoms with E-state index < -0.39 is 11.6 Å². The molecule has 0 aliphatic rings. The molecule has 1 aromatic carbocycles. The molecule has 0 fully saturated rings. The number of amides is 1. The summed E-state index contributed by atoms with van der Waals surface area (Å²) in [4.78, 5) is 13.5. The second-order valence-electron chi connectivity index (χ2n) is 4.88. The number of benzene rings is 1. The smallest absolute Gasteiger partial charge is 0.227 e. The van der Waals surface area contributed by atoms with Crippen molar-refractivity contribution in [1.82, 2.24) is 0 Å². The minimum Gasteiger partial charge on any atom is -0.330 e. The highest BCUT2D eigenvalue weighted by Crippen LogP contribution is 2.22. The fourth-order valence-electron chi connectivity index (χ4n) is 1.79. The second kappa shape index (κ2) is 7.19. The highest BCUT2D eigenvalue weighted by atomic mass is 19.1. The second-order valence-corrected chi connectivity index (χ2v) is 4.88. The van der Waals surface area contributed by atoms with Gasteiger partial charge >= 0.3 is 0 Å². The largest absolute Gasteiger partial charge is 0.330 e. The molecular weight excluding hydrogens is 250 g/mol. The number of nitrogens with two attached hydrogens (primary N) is 1. The Morgan fingerprint density at radius 2 is 2.05 bits per heavy atom. The fraction of sp³-hybridized carbons (Fsp3) is 0.500. The van der Waals surface area contributed by atoms with E-state index in [4.69, 9.17) is 5.73 Å². The van der Waals surface area contributed by atoms with Crippen LogP contribution in [0.4, 0.5) is 14.5 Å². The topological polar surface area (TPSA) is 46.3 Å². The number of nitrogens with zero attached hydrogens (tertiary/aromatic N) is 1. The van der Waals surface area contributed by atoms with Gasteiger partial charge in [0.05, 0.1) is 5.69 Å². The first-order valence-corrected chi connectivity index (χ1v) is 6.41. The molecule has 5 heteroatoms. The Labute approximate surface area is 112 Å². The van der Waals surface area contributed by atoms with E-state index in [1.54, 1.807) is 0 Å². The van der Waals surface area contributed by atoms with E-state index in [-0.39, 0.29) is 17.5 Å². The molecule has 19 heavy (non-hydrogen) atoms. The van der Waals surface area contributed by atoms with Crippen molar-refractivity contribution >= 4 is 11.6 Å². The molecule has 0 bridgehead atoms. The van der Waals surface area contributed by atoms with E-state index in [9.17, 15) is 13.6 Å². The van der Waals surface area contributed by atoms with Crippen LogP contribution in [0.2, 0.25) is 0 Å². The summed E-state index contributed by atoms with van der Waals surface area (Å²) in [5, 5.41) is 0. The third-order valence-electron chi connectivity index (χ3n) is 2.67. The van der Waals surface area contributed by atoms with Gasteiger partial charge in [-0.15, -0.1) is 0 Å². The van der Waals surface area contributed by atoms with Gasteiger partial charge in [-0.1, -0.05) is 13.8 Å². The van der Waals surface area contributed by atoms with Crippen LogP contribution in [-0.2, 0) is 4.79 Å². The number of hydrogen-bond acceptors (Lipinski definition) is 2. The van der Waals surface area contributed by atoms with Crippen molar-refractivity contribution in [2.24, 2.45) is 11.7 Å². The number of anilines is 1. The maximum atomic E-state index is 13.8. The molecule has 0 saturated carbocycles. The minimum atomic E-state index is -0.728. The van der Waals surface area contributed by atoms with Crippen LogP contribution in [0.1, 0.15) is 26.7 Å². The predicted molar refractivity (Wildman–Crippen MR) is 71.8 cm³/mol. The van der Waals surface area contributed by atoms with Gasteiger partial charge in [0.1, 0.15) is 11.6 Å². The van der Waals surface area contributed by atoms with Crippen molar-refractivity contribution in [3.8, 4) is 0 Å². The maximum absolute atomic E-state index is 13.8. The lowest BCUT2D eigenvalue weighted by molar-refractivity contribution is -0.119. The third kappa shape index (κ3) is 4.59. The van der Waals surface area contributed by atoms with Crippen LogP contribution in [0.25, 0.3) is 0 Å². The Hall–Kier alpha value is -1.49. The number of hydrogen-bond donors (Lipinski definition) is 1. The zero-order chi connectivity index (χ0) is 14.4. The molecule has 3 nitrogen and oxygen atoms in total. The third-order valence-corrected chi connectivity index (χ3v) is 2.67. The zero-order valence-electron chi connectivity index (χ0n) is 11.3. The number of carbonyl (C=O) groups is 1. The molecule has 0 aliphatic heterocycles. The summed E-state index contributed by atoms with van der Waals surface area (Å²) in [6.07, 6.45) is 0.891. The summed E-state index contributed by atoms with van der Waals surface area (Å²) in [6, 6.07) is 3.23. The number of carbonyl (C=O) groups excluding carboxylic acids is 1. The molecule has 0 radical (unpaired) electrons. The summed E-state index contributed by atoms with van der Waals surface area (Å²) < 4.78 is 26.7. The van der Waals surface area contributed by atoms with E-state index in [2.05, 4.69) is 0 Å². The SMILES string of the molecule is CC(C)CC(=O)N(CCCN)c1ccc(F)cc1F. The van der Waals surface area contributed by atoms with E-state index in [1.165, 1.54) is 11.0 Å². The van der Waals surface area contributed by atoms with Gasteiger partial charge in [-0.2, -0.15) is 0 Å². The van der Waals surface area contributed by atoms with Gasteiger partial charge in [0, 0.05) is 19.0 Å². The first-order valence-electron chi connectivity index (χ1n) is 6.41. The molecule has 0 aliphatic carbocycles. The van der Waals surface area contributed by atoms with Crippen LogP contribution in [0, 0.1) is 17.6 Å². The molecule has 0 heterocycles. The van der Waals surface area contributed by atoms with Gasteiger partial charge in [0.15, 0.2) is 0 Å². The van der Waals surface area contributed by atoms with Crippen LogP contribution in [-0.4, -0.2) is 19.0 Å². The highest BCUT2D eigenvalue weighted by Gasteiger charge is 2.19. The summed E-state index contributed by atoms with van der Waals surface area (Å²) in [5.74, 6) is -1.38. The fourth-order valence-corrected chi connectivity index (χ4v) is 1.79. The first kappa shape index (κ1) is 15.6. The average Bonchev–Trinajstić information content (AvgIpc) is 2.31. The molecule has 0 atom stereocenters. The Bertz CT molecular complexity index is 435. The Morgan fingerprint density at radius 3 is 2.58 bits per heavy atom. The molecule has 0 spiro atoms. The van der Waals surface area contributed by atoms with Crippen molar-refractivity contribution in [2.45, 2.75) is 26.7 Å². The molecule has 106 valence electrons. The molecule has 1 amide bonds. The van der Waals surface area contributed by atoms with Crippen LogP contribution < -0.4 is 10.6 Å². The van der Waals surface area contributed by atoms with E-state index in [1.807, 2.05) is 13.8 Å². The van der Waals surface area contributed by atoms with E-state index in [0.29, 0.717) is 25.9 Å². The van der Waals surface area contributed by atoms with Crippen molar-refractivity contribution < 1.29 is 13.6 Å². The molecule has 0 unspecified atom stereocenters. The molecule has 2 N–H and O–H groups in total. The Kier molecular flexibility index (Phi) is 5.89. The van der Waals surface area contributed by atoms with Crippen molar-refractivity contribution in [1.29, 1.82) is 0 Å². The number of rotatable bonds is 6. The quantitative estimate of drug-likeness (QED) is 0.864. The normalized spacial score (nSPS) is 10.8. The molecule has 0 saturated heterocycles. The standard InChI is InChI=1S/C14H20F2N2O/c1-10(2)8-14(19)18(7-3-6-17)13-5-4-11(15)9-12(13)16/h4-5,9-10H,3,6-8,17H2,1-2H3. The average molecular weight is 270 g/mol. The van der Waals surface area contributed by atoms with Crippen LogP contribution in [0.5, 0.6) is 0 Å². The van der Waals surface area contributed by atoms with Crippen LogP contribution in [0.15, 0.2) is 18.2 Å². The summed E-state index contributed by atoms with van der Waals surface area (Å²) in [5.41, 5.74) is 5.54. The van der Waals surface area contributed by atoms with Gasteiger partial charge < -0.3 is 10.6 Å². The minimum absolute atomic E-state index is 0.112. The molecule has 1 aromatic rings. The lowest BCUT2D eigenvalue weighted by atomic mass is 10.1. The maximum Gasteiger partial charge on any atom is 0.227 e. The lowest BCUT2D eigenvalue weighted by Crippen LogP contribution is -2.34. The first-order chi connectivity index (χ1) is 8.95. The monoisotopic (exact) mass is 270 g/mol. The van der Waals surface area contributed by atoms with Crippen LogP contribution in [0.3, 0.4) is 0 Å².